The minimum Gasteiger partial charge on any atom is -0.481 e. The number of carboxylic acid groups (broad SMARTS) is 1. The van der Waals surface area contributed by atoms with Crippen molar-refractivity contribution in [3.05, 3.63) is 0 Å². The third kappa shape index (κ3) is 3.33. The number of hydrogen-bond acceptors (Lipinski definition) is 2. The fraction of sp³-hybridized carbons (Fsp3) is 0.875. The molecule has 2 aliphatic heterocycles. The molecule has 0 aromatic heterocycles. The summed E-state index contributed by atoms with van der Waals surface area (Å²) in [6, 6.07) is 0.321. The van der Waals surface area contributed by atoms with Crippen LogP contribution in [0.4, 0.5) is 4.79 Å². The molecule has 120 valence electrons. The average Bonchev–Trinajstić information content (AvgIpc) is 2.47. The van der Waals surface area contributed by atoms with Crippen LogP contribution in [0.5, 0.6) is 0 Å². The molecule has 5 nitrogen and oxygen atoms in total. The van der Waals surface area contributed by atoms with Gasteiger partial charge in [0, 0.05) is 25.7 Å². The second kappa shape index (κ2) is 6.67. The normalized spacial score (nSPS) is 30.3. The maximum atomic E-state index is 12.7. The Bertz CT molecular complexity index is 395. The van der Waals surface area contributed by atoms with Gasteiger partial charge in [0.1, 0.15) is 0 Å². The summed E-state index contributed by atoms with van der Waals surface area (Å²) in [6.07, 6.45) is 6.27. The molecule has 1 N–H and O–H groups in total. The molecule has 2 saturated heterocycles. The number of nitrogens with zero attached hydrogens (tertiary/aromatic N) is 2. The predicted molar refractivity (Wildman–Crippen MR) is 81.2 cm³/mol. The monoisotopic (exact) mass is 296 g/mol. The van der Waals surface area contributed by atoms with Crippen LogP contribution >= 0.6 is 0 Å². The first kappa shape index (κ1) is 16.1. The van der Waals surface area contributed by atoms with Crippen LogP contribution in [0, 0.1) is 5.41 Å². The first-order valence-electron chi connectivity index (χ1n) is 8.29. The maximum absolute atomic E-state index is 12.7. The molecule has 2 rings (SSSR count). The van der Waals surface area contributed by atoms with Crippen molar-refractivity contribution in [1.29, 1.82) is 0 Å². The van der Waals surface area contributed by atoms with E-state index in [1.807, 2.05) is 11.8 Å². The quantitative estimate of drug-likeness (QED) is 0.871. The second-order valence-electron chi connectivity index (χ2n) is 6.68. The molecule has 0 aromatic rings. The summed E-state index contributed by atoms with van der Waals surface area (Å²) < 4.78 is 0. The van der Waals surface area contributed by atoms with Crippen LogP contribution in [-0.2, 0) is 4.79 Å². The standard InChI is InChI=1S/C16H28N2O3/c1-3-8-16(14(19)20)9-6-10-17(12-16)15(21)18-11-5-4-7-13(18)2/h13H,3-12H2,1-2H3,(H,19,20). The largest absolute Gasteiger partial charge is 0.481 e. The highest BCUT2D eigenvalue weighted by Gasteiger charge is 2.43. The highest BCUT2D eigenvalue weighted by molar-refractivity contribution is 5.79. The fourth-order valence-electron chi connectivity index (χ4n) is 3.82. The van der Waals surface area contributed by atoms with E-state index in [-0.39, 0.29) is 12.1 Å². The zero-order chi connectivity index (χ0) is 15.5. The molecule has 2 atom stereocenters. The number of carboxylic acids is 1. The Hall–Kier alpha value is -1.26. The lowest BCUT2D eigenvalue weighted by Crippen LogP contribution is -2.55. The van der Waals surface area contributed by atoms with E-state index in [4.69, 9.17) is 0 Å². The van der Waals surface area contributed by atoms with Gasteiger partial charge in [-0.1, -0.05) is 13.3 Å². The number of aliphatic carboxylic acids is 1. The maximum Gasteiger partial charge on any atom is 0.320 e. The molecule has 21 heavy (non-hydrogen) atoms. The number of rotatable bonds is 3. The summed E-state index contributed by atoms with van der Waals surface area (Å²) in [6.45, 7) is 5.99. The number of amides is 2. The number of piperidine rings is 2. The molecule has 0 saturated carbocycles. The van der Waals surface area contributed by atoms with Crippen LogP contribution in [0.25, 0.3) is 0 Å². The summed E-state index contributed by atoms with van der Waals surface area (Å²) in [5.74, 6) is -0.742. The minimum absolute atomic E-state index is 0.0450. The SMILES string of the molecule is CCCC1(C(=O)O)CCCN(C(=O)N2CCCCC2C)C1. The Morgan fingerprint density at radius 1 is 1.24 bits per heavy atom. The van der Waals surface area contributed by atoms with E-state index in [0.717, 1.165) is 32.2 Å². The highest BCUT2D eigenvalue weighted by Crippen LogP contribution is 2.35. The van der Waals surface area contributed by atoms with E-state index in [0.29, 0.717) is 25.9 Å². The van der Waals surface area contributed by atoms with Crippen molar-refractivity contribution in [3.63, 3.8) is 0 Å². The zero-order valence-corrected chi connectivity index (χ0v) is 13.3. The molecule has 0 radical (unpaired) electrons. The van der Waals surface area contributed by atoms with E-state index < -0.39 is 11.4 Å². The lowest BCUT2D eigenvalue weighted by Gasteiger charge is -2.43. The molecule has 2 amide bonds. The van der Waals surface area contributed by atoms with Crippen molar-refractivity contribution in [2.75, 3.05) is 19.6 Å². The van der Waals surface area contributed by atoms with Crippen LogP contribution in [0.2, 0.25) is 0 Å². The summed E-state index contributed by atoms with van der Waals surface area (Å²) in [5, 5.41) is 9.63. The number of carbonyl (C=O) groups is 2. The Balaban J connectivity index is 2.09. The third-order valence-electron chi connectivity index (χ3n) is 5.08. The van der Waals surface area contributed by atoms with Crippen molar-refractivity contribution >= 4 is 12.0 Å². The molecule has 0 spiro atoms. The van der Waals surface area contributed by atoms with Gasteiger partial charge in [0.15, 0.2) is 0 Å². The van der Waals surface area contributed by atoms with Gasteiger partial charge in [-0.15, -0.1) is 0 Å². The number of carbonyl (C=O) groups excluding carboxylic acids is 1. The molecule has 2 aliphatic rings. The van der Waals surface area contributed by atoms with Crippen LogP contribution in [0.15, 0.2) is 0 Å². The number of urea groups is 1. The molecule has 2 heterocycles. The van der Waals surface area contributed by atoms with Crippen molar-refractivity contribution in [2.24, 2.45) is 5.41 Å². The van der Waals surface area contributed by atoms with Crippen LogP contribution < -0.4 is 0 Å². The van der Waals surface area contributed by atoms with Crippen LogP contribution in [-0.4, -0.2) is 52.6 Å². The lowest BCUT2D eigenvalue weighted by atomic mass is 9.76. The lowest BCUT2D eigenvalue weighted by molar-refractivity contribution is -0.152. The highest BCUT2D eigenvalue weighted by atomic mass is 16.4. The number of hydrogen-bond donors (Lipinski definition) is 1. The first-order chi connectivity index (χ1) is 10.00. The smallest absolute Gasteiger partial charge is 0.320 e. The fourth-order valence-corrected chi connectivity index (χ4v) is 3.82. The molecular formula is C16H28N2O3. The molecule has 0 aromatic carbocycles. The second-order valence-corrected chi connectivity index (χ2v) is 6.68. The van der Waals surface area contributed by atoms with Gasteiger partial charge >= 0.3 is 12.0 Å². The van der Waals surface area contributed by atoms with E-state index in [9.17, 15) is 14.7 Å². The Kier molecular flexibility index (Phi) is 5.12. The van der Waals surface area contributed by atoms with Crippen molar-refractivity contribution in [1.82, 2.24) is 9.80 Å². The van der Waals surface area contributed by atoms with Crippen molar-refractivity contribution in [2.45, 2.75) is 64.8 Å². The van der Waals surface area contributed by atoms with Crippen LogP contribution in [0.1, 0.15) is 58.8 Å². The Labute approximate surface area is 127 Å². The molecule has 0 bridgehead atoms. The van der Waals surface area contributed by atoms with Crippen molar-refractivity contribution < 1.29 is 14.7 Å². The summed E-state index contributed by atoms with van der Waals surface area (Å²) in [7, 11) is 0. The summed E-state index contributed by atoms with van der Waals surface area (Å²) in [5.41, 5.74) is -0.734. The van der Waals surface area contributed by atoms with E-state index >= 15 is 0 Å². The van der Waals surface area contributed by atoms with Gasteiger partial charge in [0.25, 0.3) is 0 Å². The molecule has 2 unspecified atom stereocenters. The zero-order valence-electron chi connectivity index (χ0n) is 13.3. The Morgan fingerprint density at radius 2 is 2.00 bits per heavy atom. The van der Waals surface area contributed by atoms with Gasteiger partial charge in [-0.25, -0.2) is 4.79 Å². The average molecular weight is 296 g/mol. The molecule has 5 heteroatoms. The Morgan fingerprint density at radius 3 is 2.62 bits per heavy atom. The topological polar surface area (TPSA) is 60.9 Å². The molecule has 2 fully saturated rings. The van der Waals surface area contributed by atoms with Gasteiger partial charge in [-0.05, 0) is 45.4 Å². The van der Waals surface area contributed by atoms with Crippen LogP contribution in [0.3, 0.4) is 0 Å². The van der Waals surface area contributed by atoms with Gasteiger partial charge in [-0.3, -0.25) is 4.79 Å². The van der Waals surface area contributed by atoms with E-state index in [1.54, 1.807) is 4.90 Å². The van der Waals surface area contributed by atoms with E-state index in [2.05, 4.69) is 6.92 Å². The number of likely N-dealkylation sites (tertiary alicyclic amines) is 2. The van der Waals surface area contributed by atoms with E-state index in [1.165, 1.54) is 6.42 Å². The molecular weight excluding hydrogens is 268 g/mol. The minimum atomic E-state index is -0.742. The first-order valence-corrected chi connectivity index (χ1v) is 8.29. The van der Waals surface area contributed by atoms with Gasteiger partial charge in [-0.2, -0.15) is 0 Å². The summed E-state index contributed by atoms with van der Waals surface area (Å²) in [4.78, 5) is 28.2. The molecule has 0 aliphatic carbocycles. The third-order valence-corrected chi connectivity index (χ3v) is 5.08. The predicted octanol–water partition coefficient (Wildman–Crippen LogP) is 2.95. The van der Waals surface area contributed by atoms with Crippen molar-refractivity contribution in [3.8, 4) is 0 Å². The van der Waals surface area contributed by atoms with Gasteiger partial charge in [0.05, 0.1) is 5.41 Å². The van der Waals surface area contributed by atoms with Gasteiger partial charge in [0.2, 0.25) is 0 Å². The summed E-state index contributed by atoms with van der Waals surface area (Å²) >= 11 is 0. The van der Waals surface area contributed by atoms with Gasteiger partial charge < -0.3 is 14.9 Å².